The molecule has 1 heterocycles. The van der Waals surface area contributed by atoms with Crippen LogP contribution in [0.25, 0.3) is 0 Å². The van der Waals surface area contributed by atoms with Crippen molar-refractivity contribution < 1.29 is 32.1 Å². The van der Waals surface area contributed by atoms with Gasteiger partial charge in [0.25, 0.3) is 0 Å². The number of carbonyl (C=O) groups excluding carboxylic acids is 1. The van der Waals surface area contributed by atoms with Crippen molar-refractivity contribution >= 4 is 5.91 Å². The predicted octanol–water partition coefficient (Wildman–Crippen LogP) is 3.84. The maximum atomic E-state index is 12.2. The van der Waals surface area contributed by atoms with Gasteiger partial charge in [0.15, 0.2) is 12.4 Å². The molecule has 0 aliphatic carbocycles. The Labute approximate surface area is 158 Å². The molecule has 1 N–H and O–H groups in total. The summed E-state index contributed by atoms with van der Waals surface area (Å²) < 4.78 is 47.3. The average molecular weight is 389 g/mol. The van der Waals surface area contributed by atoms with E-state index in [1.54, 1.807) is 53.5 Å². The molecular formula is C20H16F3N2O3+. The highest BCUT2D eigenvalue weighted by Crippen LogP contribution is 2.25. The van der Waals surface area contributed by atoms with Crippen molar-refractivity contribution in [3.05, 3.63) is 90.3 Å². The van der Waals surface area contributed by atoms with E-state index < -0.39 is 6.36 Å². The maximum absolute atomic E-state index is 12.2. The number of alkyl halides is 3. The summed E-state index contributed by atoms with van der Waals surface area (Å²) in [6.45, 7) is 0.203. The van der Waals surface area contributed by atoms with Crippen molar-refractivity contribution in [1.82, 2.24) is 0 Å². The van der Waals surface area contributed by atoms with Gasteiger partial charge in [0.2, 0.25) is 0 Å². The van der Waals surface area contributed by atoms with Gasteiger partial charge < -0.3 is 9.47 Å². The van der Waals surface area contributed by atoms with Gasteiger partial charge in [-0.25, -0.2) is 0 Å². The van der Waals surface area contributed by atoms with Crippen LogP contribution in [0, 0.1) is 0 Å². The zero-order valence-corrected chi connectivity index (χ0v) is 14.5. The molecule has 28 heavy (non-hydrogen) atoms. The van der Waals surface area contributed by atoms with E-state index in [-0.39, 0.29) is 18.3 Å². The minimum absolute atomic E-state index is 0.203. The van der Waals surface area contributed by atoms with Crippen LogP contribution < -0.4 is 19.6 Å². The van der Waals surface area contributed by atoms with Gasteiger partial charge in [-0.2, -0.15) is 0 Å². The molecule has 0 saturated heterocycles. The number of aromatic nitrogens is 1. The lowest BCUT2D eigenvalue weighted by Crippen LogP contribution is -2.47. The SMILES string of the molecule is O=C(N[n+]1ccccc1)c1ccc(COc2ccc(OC(F)(F)F)cc2)cc1. The van der Waals surface area contributed by atoms with E-state index in [9.17, 15) is 18.0 Å². The summed E-state index contributed by atoms with van der Waals surface area (Å²) >= 11 is 0. The highest BCUT2D eigenvalue weighted by Gasteiger charge is 2.30. The lowest BCUT2D eigenvalue weighted by Gasteiger charge is -2.10. The molecule has 0 unspecified atom stereocenters. The van der Waals surface area contributed by atoms with E-state index in [4.69, 9.17) is 4.74 Å². The molecule has 0 bridgehead atoms. The summed E-state index contributed by atoms with van der Waals surface area (Å²) in [5, 5.41) is 0. The van der Waals surface area contributed by atoms with E-state index >= 15 is 0 Å². The van der Waals surface area contributed by atoms with E-state index in [0.29, 0.717) is 11.3 Å². The quantitative estimate of drug-likeness (QED) is 0.652. The first-order valence-corrected chi connectivity index (χ1v) is 8.24. The van der Waals surface area contributed by atoms with Crippen LogP contribution in [0.1, 0.15) is 15.9 Å². The molecule has 0 fully saturated rings. The number of pyridine rings is 1. The molecule has 144 valence electrons. The number of hydrogen-bond acceptors (Lipinski definition) is 3. The van der Waals surface area contributed by atoms with Gasteiger partial charge in [0.05, 0.1) is 0 Å². The lowest BCUT2D eigenvalue weighted by atomic mass is 10.1. The van der Waals surface area contributed by atoms with Crippen LogP contribution in [0.3, 0.4) is 0 Å². The average Bonchev–Trinajstić information content (AvgIpc) is 2.67. The summed E-state index contributed by atoms with van der Waals surface area (Å²) in [5.74, 6) is -0.174. The molecule has 0 saturated carbocycles. The van der Waals surface area contributed by atoms with E-state index in [2.05, 4.69) is 10.2 Å². The van der Waals surface area contributed by atoms with Gasteiger partial charge in [-0.3, -0.25) is 4.79 Å². The Morgan fingerprint density at radius 2 is 1.50 bits per heavy atom. The molecule has 3 rings (SSSR count). The zero-order chi connectivity index (χ0) is 20.0. The number of nitrogens with zero attached hydrogens (tertiary/aromatic N) is 1. The molecule has 1 amide bonds. The fraction of sp³-hybridized carbons (Fsp3) is 0.100. The van der Waals surface area contributed by atoms with Gasteiger partial charge in [-0.05, 0) is 42.0 Å². The van der Waals surface area contributed by atoms with Crippen LogP contribution in [0.2, 0.25) is 0 Å². The topological polar surface area (TPSA) is 51.4 Å². The third-order valence-electron chi connectivity index (χ3n) is 3.63. The fourth-order valence-electron chi connectivity index (χ4n) is 2.31. The number of amides is 1. The molecule has 0 spiro atoms. The minimum atomic E-state index is -4.73. The molecule has 0 aliphatic rings. The Morgan fingerprint density at radius 3 is 2.11 bits per heavy atom. The Kier molecular flexibility index (Phi) is 5.78. The van der Waals surface area contributed by atoms with Crippen LogP contribution in [0.4, 0.5) is 13.2 Å². The summed E-state index contributed by atoms with van der Waals surface area (Å²) in [6.07, 6.45) is -1.30. The van der Waals surface area contributed by atoms with Gasteiger partial charge in [0, 0.05) is 17.7 Å². The number of benzene rings is 2. The van der Waals surface area contributed by atoms with Crippen LogP contribution in [0.5, 0.6) is 11.5 Å². The Hall–Kier alpha value is -3.55. The molecular weight excluding hydrogens is 373 g/mol. The highest BCUT2D eigenvalue weighted by molar-refractivity contribution is 5.98. The third-order valence-corrected chi connectivity index (χ3v) is 3.63. The van der Waals surface area contributed by atoms with Crippen LogP contribution in [-0.2, 0) is 6.61 Å². The fourth-order valence-corrected chi connectivity index (χ4v) is 2.31. The second-order valence-corrected chi connectivity index (χ2v) is 5.73. The van der Waals surface area contributed by atoms with Crippen molar-refractivity contribution in [3.8, 4) is 11.5 Å². The Balaban J connectivity index is 1.53. The molecule has 0 radical (unpaired) electrons. The van der Waals surface area contributed by atoms with Crippen LogP contribution >= 0.6 is 0 Å². The molecule has 5 nitrogen and oxygen atoms in total. The first kappa shape index (κ1) is 19.2. The maximum Gasteiger partial charge on any atom is 0.573 e. The number of ether oxygens (including phenoxy) is 2. The van der Waals surface area contributed by atoms with Gasteiger partial charge >= 0.3 is 12.3 Å². The highest BCUT2D eigenvalue weighted by atomic mass is 19.4. The van der Waals surface area contributed by atoms with Crippen LogP contribution in [0.15, 0.2) is 79.1 Å². The molecule has 1 aromatic heterocycles. The second-order valence-electron chi connectivity index (χ2n) is 5.73. The number of halogens is 3. The largest absolute Gasteiger partial charge is 0.573 e. The van der Waals surface area contributed by atoms with Gasteiger partial charge in [-0.1, -0.05) is 22.9 Å². The Bertz CT molecular complexity index is 912. The summed E-state index contributed by atoms with van der Waals surface area (Å²) in [7, 11) is 0. The predicted molar refractivity (Wildman–Crippen MR) is 94.2 cm³/mol. The van der Waals surface area contributed by atoms with Crippen molar-refractivity contribution in [2.75, 3.05) is 5.43 Å². The van der Waals surface area contributed by atoms with Crippen LogP contribution in [-0.4, -0.2) is 12.3 Å². The molecule has 0 atom stereocenters. The number of hydrogen-bond donors (Lipinski definition) is 1. The van der Waals surface area contributed by atoms with Crippen molar-refractivity contribution in [2.24, 2.45) is 0 Å². The third kappa shape index (κ3) is 5.73. The summed E-state index contributed by atoms with van der Waals surface area (Å²) in [5.41, 5.74) is 4.00. The van der Waals surface area contributed by atoms with E-state index in [1.807, 2.05) is 6.07 Å². The monoisotopic (exact) mass is 389 g/mol. The number of carbonyl (C=O) groups is 1. The summed E-state index contributed by atoms with van der Waals surface area (Å²) in [4.78, 5) is 12.2. The second kappa shape index (κ2) is 8.43. The Morgan fingerprint density at radius 1 is 0.893 bits per heavy atom. The molecule has 2 aromatic carbocycles. The van der Waals surface area contributed by atoms with E-state index in [1.165, 1.54) is 24.3 Å². The van der Waals surface area contributed by atoms with Gasteiger partial charge in [-0.15, -0.1) is 18.6 Å². The standard InChI is InChI=1S/C20H15F3N2O3/c21-20(22,23)28-18-10-8-17(9-11-18)27-14-15-4-6-16(7-5-15)19(26)24-25-12-2-1-3-13-25/h1-13H,14H2/p+1. The van der Waals surface area contributed by atoms with Crippen molar-refractivity contribution in [1.29, 1.82) is 0 Å². The zero-order valence-electron chi connectivity index (χ0n) is 14.5. The molecule has 8 heteroatoms. The first-order chi connectivity index (χ1) is 13.4. The number of nitrogens with one attached hydrogen (secondary N) is 1. The molecule has 3 aromatic rings. The summed E-state index contributed by atoms with van der Waals surface area (Å²) in [6, 6.07) is 17.4. The normalized spacial score (nSPS) is 11.0. The molecule has 0 aliphatic heterocycles. The minimum Gasteiger partial charge on any atom is -0.489 e. The van der Waals surface area contributed by atoms with Crippen molar-refractivity contribution in [3.63, 3.8) is 0 Å². The smallest absolute Gasteiger partial charge is 0.489 e. The first-order valence-electron chi connectivity index (χ1n) is 8.24. The number of rotatable bonds is 6. The lowest BCUT2D eigenvalue weighted by molar-refractivity contribution is -0.641. The van der Waals surface area contributed by atoms with Gasteiger partial charge in [0.1, 0.15) is 18.1 Å². The van der Waals surface area contributed by atoms with E-state index in [0.717, 1.165) is 5.56 Å². The van der Waals surface area contributed by atoms with Crippen molar-refractivity contribution in [2.45, 2.75) is 13.0 Å².